The second-order valence-electron chi connectivity index (χ2n) is 7.60. The summed E-state index contributed by atoms with van der Waals surface area (Å²) < 4.78 is 12.5. The van der Waals surface area contributed by atoms with Crippen LogP contribution in [0.4, 0.5) is 5.69 Å². The summed E-state index contributed by atoms with van der Waals surface area (Å²) in [5, 5.41) is 16.6. The van der Waals surface area contributed by atoms with Crippen molar-refractivity contribution in [1.82, 2.24) is 29.7 Å². The Kier molecular flexibility index (Phi) is 5.91. The van der Waals surface area contributed by atoms with Crippen LogP contribution in [0.2, 0.25) is 0 Å². The van der Waals surface area contributed by atoms with Crippen LogP contribution in [0.15, 0.2) is 61.2 Å². The minimum Gasteiger partial charge on any atom is -0.497 e. The molecule has 1 aliphatic rings. The summed E-state index contributed by atoms with van der Waals surface area (Å²) in [5.41, 5.74) is 4.55. The quantitative estimate of drug-likeness (QED) is 0.478. The molecule has 0 aliphatic carbocycles. The summed E-state index contributed by atoms with van der Waals surface area (Å²) in [6.07, 6.45) is 5.36. The van der Waals surface area contributed by atoms with Crippen LogP contribution in [0.25, 0.3) is 16.9 Å². The van der Waals surface area contributed by atoms with E-state index in [1.54, 1.807) is 24.1 Å². The van der Waals surface area contributed by atoms with Crippen LogP contribution in [-0.2, 0) is 4.74 Å². The van der Waals surface area contributed by atoms with Crippen molar-refractivity contribution in [1.29, 1.82) is 0 Å². The monoisotopic (exact) mass is 431 g/mol. The fourth-order valence-corrected chi connectivity index (χ4v) is 3.99. The number of ether oxygens (including phenoxy) is 2. The first-order chi connectivity index (χ1) is 15.8. The van der Waals surface area contributed by atoms with Crippen LogP contribution in [0, 0.1) is 0 Å². The minimum atomic E-state index is 0.160. The van der Waals surface area contributed by atoms with Crippen molar-refractivity contribution in [2.24, 2.45) is 0 Å². The molecule has 9 heteroatoms. The topological polar surface area (TPSA) is 89.7 Å². The third-order valence-corrected chi connectivity index (χ3v) is 5.70. The fraction of sp³-hybridized carbons (Fsp3) is 0.304. The van der Waals surface area contributed by atoms with Crippen molar-refractivity contribution in [2.75, 3.05) is 45.3 Å². The Balaban J connectivity index is 1.44. The second kappa shape index (κ2) is 9.29. The SMILES string of the molecule is COc1ccc(-c2cc(NCC(c3cccnc3)N3CCOCC3)c3nncn3n2)cc1. The molecule has 0 bridgehead atoms. The normalized spacial score (nSPS) is 15.5. The molecule has 0 radical (unpaired) electrons. The number of fused-ring (bicyclic) bond motifs is 1. The standard InChI is InChI=1S/C23H25N7O2/c1-31-19-6-4-17(5-7-19)20-13-21(23-27-26-16-30(23)28-20)25-15-22(18-3-2-8-24-14-18)29-9-11-32-12-10-29/h2-8,13-14,16,22,25H,9-12,15H2,1H3. The first-order valence-electron chi connectivity index (χ1n) is 10.6. The number of nitrogens with zero attached hydrogens (tertiary/aromatic N) is 6. The molecule has 1 atom stereocenters. The van der Waals surface area contributed by atoms with Gasteiger partial charge in [0.05, 0.1) is 37.7 Å². The molecule has 0 spiro atoms. The van der Waals surface area contributed by atoms with Gasteiger partial charge < -0.3 is 14.8 Å². The molecular formula is C23H25N7O2. The zero-order valence-corrected chi connectivity index (χ0v) is 17.9. The molecule has 5 rings (SSSR count). The number of hydrogen-bond acceptors (Lipinski definition) is 8. The van der Waals surface area contributed by atoms with Gasteiger partial charge in [-0.1, -0.05) is 6.07 Å². The number of methoxy groups -OCH3 is 1. The number of benzene rings is 1. The number of morpholine rings is 1. The summed E-state index contributed by atoms with van der Waals surface area (Å²) in [4.78, 5) is 6.76. The number of nitrogens with one attached hydrogen (secondary N) is 1. The van der Waals surface area contributed by atoms with E-state index in [1.165, 1.54) is 5.56 Å². The lowest BCUT2D eigenvalue weighted by molar-refractivity contribution is 0.0186. The predicted octanol–water partition coefficient (Wildman–Crippen LogP) is 2.68. The third-order valence-electron chi connectivity index (χ3n) is 5.70. The zero-order valence-electron chi connectivity index (χ0n) is 17.9. The summed E-state index contributed by atoms with van der Waals surface area (Å²) >= 11 is 0. The number of rotatable bonds is 7. The molecule has 9 nitrogen and oxygen atoms in total. The Morgan fingerprint density at radius 3 is 2.75 bits per heavy atom. The third kappa shape index (κ3) is 4.25. The van der Waals surface area contributed by atoms with E-state index in [1.807, 2.05) is 42.6 Å². The maximum Gasteiger partial charge on any atom is 0.200 e. The van der Waals surface area contributed by atoms with Gasteiger partial charge in [-0.25, -0.2) is 0 Å². The van der Waals surface area contributed by atoms with E-state index in [2.05, 4.69) is 36.6 Å². The molecule has 1 fully saturated rings. The van der Waals surface area contributed by atoms with E-state index in [0.29, 0.717) is 12.2 Å². The minimum absolute atomic E-state index is 0.160. The van der Waals surface area contributed by atoms with Gasteiger partial charge in [0.1, 0.15) is 12.1 Å². The molecule has 1 unspecified atom stereocenters. The van der Waals surface area contributed by atoms with Crippen LogP contribution in [-0.4, -0.2) is 69.7 Å². The lowest BCUT2D eigenvalue weighted by Gasteiger charge is -2.35. The van der Waals surface area contributed by atoms with E-state index in [4.69, 9.17) is 9.47 Å². The molecule has 0 amide bonds. The highest BCUT2D eigenvalue weighted by Gasteiger charge is 2.23. The van der Waals surface area contributed by atoms with Crippen molar-refractivity contribution < 1.29 is 9.47 Å². The predicted molar refractivity (Wildman–Crippen MR) is 121 cm³/mol. The van der Waals surface area contributed by atoms with Gasteiger partial charge in [-0.3, -0.25) is 9.88 Å². The van der Waals surface area contributed by atoms with Crippen LogP contribution in [0.1, 0.15) is 11.6 Å². The lowest BCUT2D eigenvalue weighted by Crippen LogP contribution is -2.41. The molecule has 1 aliphatic heterocycles. The molecule has 1 saturated heterocycles. The molecule has 1 N–H and O–H groups in total. The van der Waals surface area contributed by atoms with Gasteiger partial charge in [0.15, 0.2) is 0 Å². The zero-order chi connectivity index (χ0) is 21.8. The lowest BCUT2D eigenvalue weighted by atomic mass is 10.1. The molecule has 164 valence electrons. The van der Waals surface area contributed by atoms with Crippen LogP contribution in [0.5, 0.6) is 5.75 Å². The molecule has 1 aromatic carbocycles. The highest BCUT2D eigenvalue weighted by molar-refractivity contribution is 5.73. The fourth-order valence-electron chi connectivity index (χ4n) is 3.99. The number of hydrogen-bond donors (Lipinski definition) is 1. The van der Waals surface area contributed by atoms with Crippen molar-refractivity contribution in [2.45, 2.75) is 6.04 Å². The van der Waals surface area contributed by atoms with E-state index < -0.39 is 0 Å². The smallest absolute Gasteiger partial charge is 0.200 e. The molecule has 32 heavy (non-hydrogen) atoms. The molecular weight excluding hydrogens is 406 g/mol. The molecule has 0 saturated carbocycles. The van der Waals surface area contributed by atoms with Gasteiger partial charge in [-0.2, -0.15) is 9.61 Å². The van der Waals surface area contributed by atoms with Crippen LogP contribution >= 0.6 is 0 Å². The highest BCUT2D eigenvalue weighted by atomic mass is 16.5. The number of pyridine rings is 1. The largest absolute Gasteiger partial charge is 0.497 e. The average molecular weight is 432 g/mol. The maximum atomic E-state index is 5.56. The van der Waals surface area contributed by atoms with Crippen LogP contribution in [0.3, 0.4) is 0 Å². The van der Waals surface area contributed by atoms with Gasteiger partial charge in [0, 0.05) is 37.6 Å². The van der Waals surface area contributed by atoms with Gasteiger partial charge in [0.25, 0.3) is 0 Å². The molecule has 3 aromatic heterocycles. The average Bonchev–Trinajstić information content (AvgIpc) is 3.34. The summed E-state index contributed by atoms with van der Waals surface area (Å²) in [6, 6.07) is 14.1. The highest BCUT2D eigenvalue weighted by Crippen LogP contribution is 2.27. The maximum absolute atomic E-state index is 5.56. The van der Waals surface area contributed by atoms with Crippen LogP contribution < -0.4 is 10.1 Å². The summed E-state index contributed by atoms with van der Waals surface area (Å²) in [6.45, 7) is 3.94. The second-order valence-corrected chi connectivity index (χ2v) is 7.60. The van der Waals surface area contributed by atoms with Crippen molar-refractivity contribution in [3.8, 4) is 17.0 Å². The van der Waals surface area contributed by atoms with E-state index in [0.717, 1.165) is 49.0 Å². The number of anilines is 1. The van der Waals surface area contributed by atoms with E-state index in [-0.39, 0.29) is 6.04 Å². The Hall–Kier alpha value is -3.56. The number of aromatic nitrogens is 5. The van der Waals surface area contributed by atoms with Gasteiger partial charge in [-0.15, -0.1) is 10.2 Å². The van der Waals surface area contributed by atoms with Crippen molar-refractivity contribution in [3.63, 3.8) is 0 Å². The van der Waals surface area contributed by atoms with Gasteiger partial charge in [0.2, 0.25) is 5.65 Å². The Morgan fingerprint density at radius 2 is 2.00 bits per heavy atom. The summed E-state index contributed by atoms with van der Waals surface area (Å²) in [7, 11) is 1.66. The van der Waals surface area contributed by atoms with E-state index >= 15 is 0 Å². The first kappa shape index (κ1) is 20.3. The summed E-state index contributed by atoms with van der Waals surface area (Å²) in [5.74, 6) is 0.808. The first-order valence-corrected chi connectivity index (χ1v) is 10.6. The van der Waals surface area contributed by atoms with Crippen molar-refractivity contribution >= 4 is 11.3 Å². The van der Waals surface area contributed by atoms with E-state index in [9.17, 15) is 0 Å². The molecule has 4 aromatic rings. The van der Waals surface area contributed by atoms with Crippen molar-refractivity contribution in [3.05, 3.63) is 66.7 Å². The Morgan fingerprint density at radius 1 is 1.16 bits per heavy atom. The van der Waals surface area contributed by atoms with Gasteiger partial charge in [-0.05, 0) is 42.0 Å². The molecule has 4 heterocycles. The Labute approximate surface area is 186 Å². The van der Waals surface area contributed by atoms with Gasteiger partial charge >= 0.3 is 0 Å². The Bertz CT molecular complexity index is 1160.